The summed E-state index contributed by atoms with van der Waals surface area (Å²) in [4.78, 5) is 23.7. The van der Waals surface area contributed by atoms with Crippen molar-refractivity contribution in [1.82, 2.24) is 5.32 Å². The third-order valence-corrected chi connectivity index (χ3v) is 5.28. The first kappa shape index (κ1) is 15.4. The van der Waals surface area contributed by atoms with E-state index in [0.717, 1.165) is 15.8 Å². The zero-order chi connectivity index (χ0) is 14.8. The summed E-state index contributed by atoms with van der Waals surface area (Å²) in [5.41, 5.74) is -0.234. The molecule has 0 aromatic heterocycles. The van der Waals surface area contributed by atoms with Gasteiger partial charge in [-0.3, -0.25) is 4.79 Å². The van der Waals surface area contributed by atoms with Crippen molar-refractivity contribution in [3.05, 3.63) is 34.3 Å². The highest BCUT2D eigenvalue weighted by Crippen LogP contribution is 2.29. The molecular formula is C14H16BrNO3S. The second kappa shape index (κ2) is 6.18. The minimum Gasteiger partial charge on any atom is -0.479 e. The van der Waals surface area contributed by atoms with Crippen LogP contribution in [0.1, 0.15) is 24.8 Å². The molecular weight excluding hydrogens is 342 g/mol. The van der Waals surface area contributed by atoms with Crippen molar-refractivity contribution in [1.29, 1.82) is 0 Å². The van der Waals surface area contributed by atoms with Crippen molar-refractivity contribution in [2.75, 3.05) is 11.5 Å². The molecule has 20 heavy (non-hydrogen) atoms. The number of nitrogens with one attached hydrogen (secondary N) is 1. The number of carbonyl (C=O) groups is 2. The fourth-order valence-corrected chi connectivity index (χ4v) is 3.72. The molecule has 1 aromatic carbocycles. The second-order valence-corrected chi connectivity index (χ2v) is 6.97. The van der Waals surface area contributed by atoms with E-state index >= 15 is 0 Å². The minimum atomic E-state index is -1.11. The van der Waals surface area contributed by atoms with E-state index in [-0.39, 0.29) is 11.8 Å². The van der Waals surface area contributed by atoms with Crippen LogP contribution in [-0.4, -0.2) is 34.0 Å². The Morgan fingerprint density at radius 3 is 2.55 bits per heavy atom. The van der Waals surface area contributed by atoms with Gasteiger partial charge in [0, 0.05) is 10.2 Å². The quantitative estimate of drug-likeness (QED) is 0.869. The molecule has 2 rings (SSSR count). The van der Waals surface area contributed by atoms with Crippen LogP contribution in [0.15, 0.2) is 28.7 Å². The van der Waals surface area contributed by atoms with Gasteiger partial charge in [0.05, 0.1) is 5.92 Å². The molecule has 1 aromatic rings. The summed E-state index contributed by atoms with van der Waals surface area (Å²) in [5, 5.41) is 12.1. The average Bonchev–Trinajstić information content (AvgIpc) is 2.88. The molecule has 1 saturated heterocycles. The zero-order valence-corrected chi connectivity index (χ0v) is 13.5. The molecule has 6 heteroatoms. The zero-order valence-electron chi connectivity index (χ0n) is 11.1. The number of halogens is 1. The highest BCUT2D eigenvalue weighted by Gasteiger charge is 2.43. The van der Waals surface area contributed by atoms with Crippen LogP contribution in [0.5, 0.6) is 0 Å². The molecule has 108 valence electrons. The second-order valence-electron chi connectivity index (χ2n) is 4.95. The van der Waals surface area contributed by atoms with Crippen molar-refractivity contribution in [2.24, 2.45) is 0 Å². The maximum Gasteiger partial charge on any atom is 0.330 e. The van der Waals surface area contributed by atoms with E-state index in [0.29, 0.717) is 12.2 Å². The van der Waals surface area contributed by atoms with Gasteiger partial charge in [0.1, 0.15) is 5.54 Å². The standard InChI is InChI=1S/C14H16BrNO3S/c1-9(10-2-4-11(15)5-3-10)12(17)16-14(13(18)19)6-7-20-8-14/h2-5,9H,6-8H2,1H3,(H,16,17)(H,18,19). The van der Waals surface area contributed by atoms with Crippen LogP contribution in [0.4, 0.5) is 0 Å². The van der Waals surface area contributed by atoms with Gasteiger partial charge in [0.25, 0.3) is 0 Å². The summed E-state index contributed by atoms with van der Waals surface area (Å²) in [6.45, 7) is 1.79. The molecule has 0 aliphatic carbocycles. The van der Waals surface area contributed by atoms with Crippen LogP contribution < -0.4 is 5.32 Å². The smallest absolute Gasteiger partial charge is 0.330 e. The van der Waals surface area contributed by atoms with Gasteiger partial charge in [-0.2, -0.15) is 11.8 Å². The lowest BCUT2D eigenvalue weighted by atomic mass is 9.95. The Hall–Kier alpha value is -1.01. The monoisotopic (exact) mass is 357 g/mol. The van der Waals surface area contributed by atoms with Crippen LogP contribution in [0.25, 0.3) is 0 Å². The van der Waals surface area contributed by atoms with E-state index in [1.165, 1.54) is 0 Å². The fourth-order valence-electron chi connectivity index (χ4n) is 2.13. The number of aliphatic carboxylic acids is 1. The number of rotatable bonds is 4. The van der Waals surface area contributed by atoms with Crippen molar-refractivity contribution < 1.29 is 14.7 Å². The van der Waals surface area contributed by atoms with Crippen LogP contribution >= 0.6 is 27.7 Å². The highest BCUT2D eigenvalue weighted by atomic mass is 79.9. The van der Waals surface area contributed by atoms with Gasteiger partial charge in [-0.25, -0.2) is 4.79 Å². The van der Waals surface area contributed by atoms with Gasteiger partial charge in [-0.1, -0.05) is 28.1 Å². The molecule has 1 aliphatic heterocycles. The molecule has 1 fully saturated rings. The number of hydrogen-bond donors (Lipinski definition) is 2. The fraction of sp³-hybridized carbons (Fsp3) is 0.429. The summed E-state index contributed by atoms with van der Waals surface area (Å²) in [5.74, 6) is -0.360. The van der Waals surface area contributed by atoms with E-state index in [1.54, 1.807) is 18.7 Å². The predicted molar refractivity (Wildman–Crippen MR) is 83.0 cm³/mol. The summed E-state index contributed by atoms with van der Waals surface area (Å²) >= 11 is 4.91. The lowest BCUT2D eigenvalue weighted by Crippen LogP contribution is -2.55. The first-order chi connectivity index (χ1) is 9.44. The Morgan fingerprint density at radius 2 is 2.05 bits per heavy atom. The number of benzene rings is 1. The van der Waals surface area contributed by atoms with Gasteiger partial charge < -0.3 is 10.4 Å². The normalized spacial score (nSPS) is 23.3. The van der Waals surface area contributed by atoms with E-state index in [4.69, 9.17) is 0 Å². The highest BCUT2D eigenvalue weighted by molar-refractivity contribution is 9.10. The largest absolute Gasteiger partial charge is 0.479 e. The molecule has 2 atom stereocenters. The van der Waals surface area contributed by atoms with Crippen LogP contribution in [-0.2, 0) is 9.59 Å². The van der Waals surface area contributed by atoms with Crippen LogP contribution in [0.3, 0.4) is 0 Å². The molecule has 1 amide bonds. The first-order valence-electron chi connectivity index (χ1n) is 6.33. The number of amides is 1. The molecule has 0 saturated carbocycles. The molecule has 0 radical (unpaired) electrons. The van der Waals surface area contributed by atoms with Gasteiger partial charge >= 0.3 is 5.97 Å². The van der Waals surface area contributed by atoms with Gasteiger partial charge in [0.15, 0.2) is 0 Å². The SMILES string of the molecule is CC(C(=O)NC1(C(=O)O)CCSC1)c1ccc(Br)cc1. The molecule has 0 spiro atoms. The van der Waals surface area contributed by atoms with Crippen molar-refractivity contribution >= 4 is 39.6 Å². The molecule has 2 N–H and O–H groups in total. The number of carbonyl (C=O) groups excluding carboxylic acids is 1. The Kier molecular flexibility index (Phi) is 4.75. The van der Waals surface area contributed by atoms with Crippen LogP contribution in [0, 0.1) is 0 Å². The minimum absolute atomic E-state index is 0.239. The average molecular weight is 358 g/mol. The topological polar surface area (TPSA) is 66.4 Å². The Morgan fingerprint density at radius 1 is 1.40 bits per heavy atom. The third kappa shape index (κ3) is 3.17. The lowest BCUT2D eigenvalue weighted by Gasteiger charge is -2.26. The van der Waals surface area contributed by atoms with Gasteiger partial charge in [0.2, 0.25) is 5.91 Å². The summed E-state index contributed by atoms with van der Waals surface area (Å²) < 4.78 is 0.947. The Balaban J connectivity index is 2.11. The number of thioether (sulfide) groups is 1. The van der Waals surface area contributed by atoms with E-state index in [2.05, 4.69) is 21.2 Å². The van der Waals surface area contributed by atoms with E-state index in [1.807, 2.05) is 24.3 Å². The summed E-state index contributed by atoms with van der Waals surface area (Å²) in [7, 11) is 0. The molecule has 2 unspecified atom stereocenters. The lowest BCUT2D eigenvalue weighted by molar-refractivity contribution is -0.146. The predicted octanol–water partition coefficient (Wildman–Crippen LogP) is 2.63. The number of carboxylic acid groups (broad SMARTS) is 1. The summed E-state index contributed by atoms with van der Waals surface area (Å²) in [6.07, 6.45) is 0.478. The van der Waals surface area contributed by atoms with Crippen molar-refractivity contribution in [3.63, 3.8) is 0 Å². The molecule has 1 aliphatic rings. The van der Waals surface area contributed by atoms with Crippen molar-refractivity contribution in [2.45, 2.75) is 24.8 Å². The molecule has 4 nitrogen and oxygen atoms in total. The van der Waals surface area contributed by atoms with Crippen molar-refractivity contribution in [3.8, 4) is 0 Å². The third-order valence-electron chi connectivity index (χ3n) is 3.56. The van der Waals surface area contributed by atoms with E-state index < -0.39 is 11.5 Å². The maximum absolute atomic E-state index is 12.3. The van der Waals surface area contributed by atoms with Gasteiger partial charge in [-0.05, 0) is 36.8 Å². The molecule has 0 bridgehead atoms. The summed E-state index contributed by atoms with van der Waals surface area (Å²) in [6, 6.07) is 7.48. The van der Waals surface area contributed by atoms with E-state index in [9.17, 15) is 14.7 Å². The van der Waals surface area contributed by atoms with Crippen LogP contribution in [0.2, 0.25) is 0 Å². The Bertz CT molecular complexity index is 512. The Labute approximate surface area is 130 Å². The maximum atomic E-state index is 12.3. The first-order valence-corrected chi connectivity index (χ1v) is 8.28. The van der Waals surface area contributed by atoms with Gasteiger partial charge in [-0.15, -0.1) is 0 Å². The molecule has 1 heterocycles. The number of hydrogen-bond acceptors (Lipinski definition) is 3. The number of carboxylic acids is 1.